The third kappa shape index (κ3) is 4.40. The number of benzene rings is 2. The molecule has 8 heteroatoms. The molecule has 3 aliphatic rings. The fourth-order valence-corrected chi connectivity index (χ4v) is 5.98. The van der Waals surface area contributed by atoms with Crippen LogP contribution >= 0.6 is 0 Å². The summed E-state index contributed by atoms with van der Waals surface area (Å²) in [4.78, 5) is 55.9. The molecule has 2 heterocycles. The second kappa shape index (κ2) is 10.0. The summed E-state index contributed by atoms with van der Waals surface area (Å²) in [6.45, 7) is 2.59. The molecule has 4 amide bonds. The van der Waals surface area contributed by atoms with Gasteiger partial charge in [-0.25, -0.2) is 4.90 Å². The molecular formula is C29H30N2O6. The van der Waals surface area contributed by atoms with E-state index in [9.17, 15) is 19.2 Å². The Bertz CT molecular complexity index is 1300. The standard InChI is InChI=1S/C29H30N2O6/c1-17-10-20(23-14-25(32)30(27(23)33)21-8-4-6-18(11-21)15-36-2)13-24-26(17)29(35)31(28(24)34)22-9-5-7-19(12-22)16-37-3/h4-12,20,23-24,26H,13-16H2,1-3H3/t20-,23+,24-,26-/m1/s1. The lowest BCUT2D eigenvalue weighted by atomic mass is 9.71. The Morgan fingerprint density at radius 1 is 0.784 bits per heavy atom. The van der Waals surface area contributed by atoms with Crippen molar-refractivity contribution in [1.29, 1.82) is 0 Å². The lowest BCUT2D eigenvalue weighted by Crippen LogP contribution is -2.35. The molecule has 37 heavy (non-hydrogen) atoms. The number of fused-ring (bicyclic) bond motifs is 1. The molecule has 2 aromatic rings. The minimum absolute atomic E-state index is 0.0735. The molecule has 2 aromatic carbocycles. The van der Waals surface area contributed by atoms with E-state index in [0.717, 1.165) is 16.7 Å². The summed E-state index contributed by atoms with van der Waals surface area (Å²) in [7, 11) is 3.18. The Labute approximate surface area is 215 Å². The van der Waals surface area contributed by atoms with Crippen LogP contribution in [0.4, 0.5) is 11.4 Å². The SMILES string of the molecule is COCc1cccc(N2C(=O)C[C@@H]([C@@H]3C=C(C)[C@H]4C(=O)N(c5cccc(COC)c5)C(=O)[C@@H]4C3)C2=O)c1. The maximum atomic E-state index is 13.5. The van der Waals surface area contributed by atoms with E-state index in [0.29, 0.717) is 31.0 Å². The molecular weight excluding hydrogens is 472 g/mol. The van der Waals surface area contributed by atoms with Crippen LogP contribution in [0.5, 0.6) is 0 Å². The highest BCUT2D eigenvalue weighted by atomic mass is 16.5. The zero-order chi connectivity index (χ0) is 26.3. The molecule has 0 aromatic heterocycles. The average molecular weight is 503 g/mol. The van der Waals surface area contributed by atoms with Gasteiger partial charge in [0, 0.05) is 20.6 Å². The van der Waals surface area contributed by atoms with E-state index < -0.39 is 17.8 Å². The van der Waals surface area contributed by atoms with E-state index in [4.69, 9.17) is 9.47 Å². The van der Waals surface area contributed by atoms with Crippen molar-refractivity contribution in [2.24, 2.45) is 23.7 Å². The van der Waals surface area contributed by atoms with Crippen LogP contribution in [0.2, 0.25) is 0 Å². The first-order valence-corrected chi connectivity index (χ1v) is 12.4. The van der Waals surface area contributed by atoms with Crippen molar-refractivity contribution < 1.29 is 28.7 Å². The van der Waals surface area contributed by atoms with Crippen LogP contribution in [0.1, 0.15) is 30.9 Å². The highest BCUT2D eigenvalue weighted by molar-refractivity contribution is 6.23. The Kier molecular flexibility index (Phi) is 6.79. The molecule has 1 aliphatic carbocycles. The molecule has 0 bridgehead atoms. The highest BCUT2D eigenvalue weighted by Gasteiger charge is 2.54. The van der Waals surface area contributed by atoms with Crippen LogP contribution in [0.3, 0.4) is 0 Å². The molecule has 0 N–H and O–H groups in total. The number of ether oxygens (including phenoxy) is 2. The summed E-state index contributed by atoms with van der Waals surface area (Å²) in [6, 6.07) is 14.4. The number of rotatable bonds is 7. The number of hydrogen-bond acceptors (Lipinski definition) is 6. The average Bonchev–Trinajstić information content (AvgIpc) is 3.31. The zero-order valence-electron chi connectivity index (χ0n) is 21.2. The molecule has 5 rings (SSSR count). The van der Waals surface area contributed by atoms with Gasteiger partial charge in [-0.15, -0.1) is 0 Å². The molecule has 192 valence electrons. The van der Waals surface area contributed by atoms with Gasteiger partial charge in [-0.05, 0) is 54.7 Å². The monoisotopic (exact) mass is 502 g/mol. The first-order valence-electron chi connectivity index (χ1n) is 12.4. The maximum absolute atomic E-state index is 13.5. The van der Waals surface area contributed by atoms with Crippen LogP contribution in [0.25, 0.3) is 0 Å². The molecule has 0 unspecified atom stereocenters. The number of hydrogen-bond donors (Lipinski definition) is 0. The Morgan fingerprint density at radius 3 is 1.95 bits per heavy atom. The second-order valence-corrected chi connectivity index (χ2v) is 9.99. The maximum Gasteiger partial charge on any atom is 0.241 e. The molecule has 2 fully saturated rings. The predicted octanol–water partition coefficient (Wildman–Crippen LogP) is 3.63. The Morgan fingerprint density at radius 2 is 1.35 bits per heavy atom. The van der Waals surface area contributed by atoms with Gasteiger partial charge in [-0.3, -0.25) is 24.1 Å². The van der Waals surface area contributed by atoms with Crippen molar-refractivity contribution >= 4 is 35.0 Å². The zero-order valence-corrected chi connectivity index (χ0v) is 21.2. The quantitative estimate of drug-likeness (QED) is 0.424. The van der Waals surface area contributed by atoms with E-state index in [2.05, 4.69) is 0 Å². The molecule has 0 saturated carbocycles. The van der Waals surface area contributed by atoms with Gasteiger partial charge in [0.25, 0.3) is 0 Å². The van der Waals surface area contributed by atoms with E-state index >= 15 is 0 Å². The smallest absolute Gasteiger partial charge is 0.241 e. The van der Waals surface area contributed by atoms with Gasteiger partial charge >= 0.3 is 0 Å². The number of nitrogens with zero attached hydrogens (tertiary/aromatic N) is 2. The van der Waals surface area contributed by atoms with Crippen molar-refractivity contribution in [3.05, 3.63) is 71.3 Å². The molecule has 4 atom stereocenters. The van der Waals surface area contributed by atoms with Gasteiger partial charge in [-0.2, -0.15) is 0 Å². The number of carbonyl (C=O) groups excluding carboxylic acids is 4. The van der Waals surface area contributed by atoms with Crippen molar-refractivity contribution in [1.82, 2.24) is 0 Å². The number of carbonyl (C=O) groups is 4. The Hall–Kier alpha value is -3.62. The topological polar surface area (TPSA) is 93.2 Å². The van der Waals surface area contributed by atoms with E-state index in [1.165, 1.54) is 9.80 Å². The van der Waals surface area contributed by atoms with Gasteiger partial charge in [0.2, 0.25) is 23.6 Å². The van der Waals surface area contributed by atoms with Gasteiger partial charge in [0.1, 0.15) is 0 Å². The van der Waals surface area contributed by atoms with Gasteiger partial charge in [0.15, 0.2) is 0 Å². The first kappa shape index (κ1) is 25.0. The fraction of sp³-hybridized carbons (Fsp3) is 0.379. The summed E-state index contributed by atoms with van der Waals surface area (Å²) >= 11 is 0. The van der Waals surface area contributed by atoms with Gasteiger partial charge in [-0.1, -0.05) is 35.9 Å². The van der Waals surface area contributed by atoms with Crippen LogP contribution in [-0.4, -0.2) is 37.8 Å². The van der Waals surface area contributed by atoms with Gasteiger partial charge in [0.05, 0.1) is 42.3 Å². The third-order valence-corrected chi connectivity index (χ3v) is 7.58. The molecule has 0 radical (unpaired) electrons. The molecule has 0 spiro atoms. The summed E-state index contributed by atoms with van der Waals surface area (Å²) in [6.07, 6.45) is 2.35. The van der Waals surface area contributed by atoms with Crippen molar-refractivity contribution in [2.45, 2.75) is 33.0 Å². The Balaban J connectivity index is 1.39. The number of imide groups is 2. The van der Waals surface area contributed by atoms with Crippen molar-refractivity contribution in [2.75, 3.05) is 24.0 Å². The summed E-state index contributed by atoms with van der Waals surface area (Å²) in [5, 5.41) is 0. The largest absolute Gasteiger partial charge is 0.380 e. The van der Waals surface area contributed by atoms with E-state index in [1.807, 2.05) is 25.1 Å². The molecule has 8 nitrogen and oxygen atoms in total. The lowest BCUT2D eigenvalue weighted by Gasteiger charge is -2.29. The number of anilines is 2. The molecule has 2 aliphatic heterocycles. The van der Waals surface area contributed by atoms with Crippen LogP contribution in [-0.2, 0) is 41.9 Å². The third-order valence-electron chi connectivity index (χ3n) is 7.58. The van der Waals surface area contributed by atoms with E-state index in [1.54, 1.807) is 50.6 Å². The number of allylic oxidation sites excluding steroid dienone is 1. The highest BCUT2D eigenvalue weighted by Crippen LogP contribution is 2.46. The first-order chi connectivity index (χ1) is 17.8. The molecule has 2 saturated heterocycles. The van der Waals surface area contributed by atoms with Crippen LogP contribution in [0, 0.1) is 23.7 Å². The normalized spacial score (nSPS) is 25.6. The fourth-order valence-electron chi connectivity index (χ4n) is 5.98. The number of amides is 4. The minimum Gasteiger partial charge on any atom is -0.380 e. The van der Waals surface area contributed by atoms with Crippen molar-refractivity contribution in [3.63, 3.8) is 0 Å². The summed E-state index contributed by atoms with van der Waals surface area (Å²) < 4.78 is 10.4. The van der Waals surface area contributed by atoms with Gasteiger partial charge < -0.3 is 9.47 Å². The lowest BCUT2D eigenvalue weighted by molar-refractivity contribution is -0.125. The second-order valence-electron chi connectivity index (χ2n) is 9.99. The summed E-state index contributed by atoms with van der Waals surface area (Å²) in [5.74, 6) is -3.03. The van der Waals surface area contributed by atoms with E-state index in [-0.39, 0.29) is 36.0 Å². The van der Waals surface area contributed by atoms with Crippen LogP contribution < -0.4 is 9.80 Å². The van der Waals surface area contributed by atoms with Crippen LogP contribution in [0.15, 0.2) is 60.2 Å². The van der Waals surface area contributed by atoms with Crippen molar-refractivity contribution in [3.8, 4) is 0 Å². The minimum atomic E-state index is -0.573. The predicted molar refractivity (Wildman–Crippen MR) is 136 cm³/mol. The number of methoxy groups -OCH3 is 2. The summed E-state index contributed by atoms with van der Waals surface area (Å²) in [5.41, 5.74) is 3.56.